The molecule has 0 aliphatic carbocycles. The Labute approximate surface area is 182 Å². The SMILES string of the molecule is C=C(NCC#N)[C@@H]1C[C@H](S(=O)(=O)c2ccccc2C(F)(F)F)CN1c1ccnc(C#N)n1. The molecule has 0 saturated carbocycles. The van der Waals surface area contributed by atoms with Gasteiger partial charge in [-0.25, -0.2) is 18.4 Å². The molecule has 1 aliphatic heterocycles. The zero-order valence-corrected chi connectivity index (χ0v) is 17.4. The molecule has 2 heterocycles. The minimum atomic E-state index is -4.84. The van der Waals surface area contributed by atoms with E-state index in [2.05, 4.69) is 21.9 Å². The van der Waals surface area contributed by atoms with Gasteiger partial charge in [0.05, 0.1) is 27.8 Å². The van der Waals surface area contributed by atoms with Crippen LogP contribution in [0.4, 0.5) is 19.0 Å². The highest BCUT2D eigenvalue weighted by atomic mass is 32.2. The van der Waals surface area contributed by atoms with Crippen molar-refractivity contribution in [3.05, 3.63) is 60.2 Å². The van der Waals surface area contributed by atoms with Crippen molar-refractivity contribution in [2.75, 3.05) is 18.0 Å². The first-order valence-electron chi connectivity index (χ1n) is 9.29. The molecule has 166 valence electrons. The van der Waals surface area contributed by atoms with Gasteiger partial charge in [0.1, 0.15) is 18.4 Å². The number of anilines is 1. The first kappa shape index (κ1) is 23.0. The number of halogens is 3. The van der Waals surface area contributed by atoms with Gasteiger partial charge in [0.2, 0.25) is 5.82 Å². The lowest BCUT2D eigenvalue weighted by molar-refractivity contribution is -0.139. The lowest BCUT2D eigenvalue weighted by Gasteiger charge is -2.27. The van der Waals surface area contributed by atoms with Crippen molar-refractivity contribution in [1.29, 1.82) is 10.5 Å². The minimum Gasteiger partial charge on any atom is -0.374 e. The second-order valence-electron chi connectivity index (χ2n) is 6.95. The van der Waals surface area contributed by atoms with E-state index in [0.717, 1.165) is 18.2 Å². The van der Waals surface area contributed by atoms with Crippen LogP contribution in [0.1, 0.15) is 17.8 Å². The van der Waals surface area contributed by atoms with E-state index in [1.807, 2.05) is 6.07 Å². The summed E-state index contributed by atoms with van der Waals surface area (Å²) in [5, 5.41) is 19.4. The van der Waals surface area contributed by atoms with Crippen LogP contribution in [0.2, 0.25) is 0 Å². The van der Waals surface area contributed by atoms with E-state index in [1.165, 1.54) is 23.2 Å². The number of nitrogens with one attached hydrogen (secondary N) is 1. The summed E-state index contributed by atoms with van der Waals surface area (Å²) in [7, 11) is -4.40. The summed E-state index contributed by atoms with van der Waals surface area (Å²) in [6, 6.07) is 8.48. The average Bonchev–Trinajstić information content (AvgIpc) is 3.23. The van der Waals surface area contributed by atoms with Gasteiger partial charge in [-0.05, 0) is 24.6 Å². The molecule has 1 aliphatic rings. The quantitative estimate of drug-likeness (QED) is 0.650. The summed E-state index contributed by atoms with van der Waals surface area (Å²) in [6.07, 6.45) is -3.60. The lowest BCUT2D eigenvalue weighted by atomic mass is 10.1. The third-order valence-electron chi connectivity index (χ3n) is 5.03. The van der Waals surface area contributed by atoms with Crippen LogP contribution in [0, 0.1) is 22.7 Å². The van der Waals surface area contributed by atoms with Crippen molar-refractivity contribution in [1.82, 2.24) is 15.3 Å². The highest BCUT2D eigenvalue weighted by Crippen LogP contribution is 2.38. The summed E-state index contributed by atoms with van der Waals surface area (Å²) in [5.74, 6) is 0.0776. The molecule has 1 aromatic heterocycles. The molecule has 3 rings (SSSR count). The molecular formula is C20H17F3N6O2S. The van der Waals surface area contributed by atoms with Crippen LogP contribution < -0.4 is 10.2 Å². The average molecular weight is 462 g/mol. The van der Waals surface area contributed by atoms with Gasteiger partial charge in [0, 0.05) is 18.4 Å². The van der Waals surface area contributed by atoms with Crippen molar-refractivity contribution in [3.63, 3.8) is 0 Å². The Morgan fingerprint density at radius 2 is 2.00 bits per heavy atom. The van der Waals surface area contributed by atoms with E-state index >= 15 is 0 Å². The van der Waals surface area contributed by atoms with E-state index in [9.17, 15) is 21.6 Å². The molecule has 0 bridgehead atoms. The molecule has 1 aromatic carbocycles. The molecule has 1 N–H and O–H groups in total. The predicted molar refractivity (Wildman–Crippen MR) is 108 cm³/mol. The van der Waals surface area contributed by atoms with Crippen molar-refractivity contribution in [2.24, 2.45) is 0 Å². The summed E-state index contributed by atoms with van der Waals surface area (Å²) in [4.78, 5) is 8.59. The van der Waals surface area contributed by atoms with Gasteiger partial charge in [0.25, 0.3) is 0 Å². The monoisotopic (exact) mass is 462 g/mol. The Balaban J connectivity index is 2.03. The molecule has 0 spiro atoms. The Kier molecular flexibility index (Phi) is 6.37. The maximum Gasteiger partial charge on any atom is 0.417 e. The number of hydrogen-bond donors (Lipinski definition) is 1. The van der Waals surface area contributed by atoms with Crippen molar-refractivity contribution in [2.45, 2.75) is 28.8 Å². The molecule has 0 radical (unpaired) electrons. The summed E-state index contributed by atoms with van der Waals surface area (Å²) in [6.45, 7) is 3.57. The van der Waals surface area contributed by atoms with Crippen molar-refractivity contribution in [3.8, 4) is 12.1 Å². The van der Waals surface area contributed by atoms with E-state index in [4.69, 9.17) is 10.5 Å². The van der Waals surface area contributed by atoms with Gasteiger partial charge in [0.15, 0.2) is 9.84 Å². The summed E-state index contributed by atoms with van der Waals surface area (Å²) in [5.41, 5.74) is -0.921. The minimum absolute atomic E-state index is 0.0856. The fraction of sp³-hybridized carbons (Fsp3) is 0.300. The van der Waals surface area contributed by atoms with Gasteiger partial charge in [-0.15, -0.1) is 0 Å². The maximum atomic E-state index is 13.5. The molecule has 12 heteroatoms. The molecule has 1 fully saturated rings. The molecule has 32 heavy (non-hydrogen) atoms. The number of alkyl halides is 3. The number of hydrogen-bond acceptors (Lipinski definition) is 8. The van der Waals surface area contributed by atoms with Crippen molar-refractivity contribution < 1.29 is 21.6 Å². The fourth-order valence-corrected chi connectivity index (χ4v) is 5.48. The van der Waals surface area contributed by atoms with E-state index in [-0.39, 0.29) is 31.2 Å². The van der Waals surface area contributed by atoms with Crippen LogP contribution in [-0.2, 0) is 16.0 Å². The second kappa shape index (κ2) is 8.85. The van der Waals surface area contributed by atoms with E-state index in [0.29, 0.717) is 5.70 Å². The number of rotatable bonds is 6. The van der Waals surface area contributed by atoms with Gasteiger partial charge < -0.3 is 10.2 Å². The number of nitrogens with zero attached hydrogens (tertiary/aromatic N) is 5. The number of nitriles is 2. The fourth-order valence-electron chi connectivity index (χ4n) is 3.57. The maximum absolute atomic E-state index is 13.5. The van der Waals surface area contributed by atoms with Crippen LogP contribution in [0.15, 0.2) is 53.7 Å². The van der Waals surface area contributed by atoms with Crippen LogP contribution in [-0.4, -0.2) is 42.8 Å². The number of benzene rings is 1. The molecule has 1 saturated heterocycles. The van der Waals surface area contributed by atoms with E-state index < -0.39 is 37.8 Å². The summed E-state index contributed by atoms with van der Waals surface area (Å²) < 4.78 is 66.9. The highest BCUT2D eigenvalue weighted by molar-refractivity contribution is 7.92. The summed E-state index contributed by atoms with van der Waals surface area (Å²) >= 11 is 0. The molecule has 2 atom stereocenters. The molecule has 2 aromatic rings. The first-order chi connectivity index (χ1) is 15.1. The Bertz CT molecular complexity index is 1220. The topological polar surface area (TPSA) is 123 Å². The van der Waals surface area contributed by atoms with Crippen LogP contribution in [0.3, 0.4) is 0 Å². The number of aromatic nitrogens is 2. The highest BCUT2D eigenvalue weighted by Gasteiger charge is 2.45. The van der Waals surface area contributed by atoms with Gasteiger partial charge in [-0.3, -0.25) is 0 Å². The smallest absolute Gasteiger partial charge is 0.374 e. The van der Waals surface area contributed by atoms with Crippen LogP contribution in [0.25, 0.3) is 0 Å². The molecular weight excluding hydrogens is 445 g/mol. The zero-order chi connectivity index (χ0) is 23.5. The standard InChI is InChI=1S/C20H17F3N6O2S/c1-13(26-9-7-24)16-10-14(12-29(16)19-6-8-27-18(11-25)28-19)32(30,31)17-5-3-2-4-15(17)20(21,22)23/h2-6,8,14,16,26H,1,9-10,12H2/t14-,16-/m0/s1. The van der Waals surface area contributed by atoms with Crippen LogP contribution in [0.5, 0.6) is 0 Å². The Morgan fingerprint density at radius 1 is 1.28 bits per heavy atom. The molecule has 0 amide bonds. The normalized spacial score (nSPS) is 18.6. The second-order valence-corrected chi connectivity index (χ2v) is 9.15. The van der Waals surface area contributed by atoms with E-state index in [1.54, 1.807) is 6.07 Å². The van der Waals surface area contributed by atoms with Gasteiger partial charge in [-0.2, -0.15) is 23.7 Å². The molecule has 0 unspecified atom stereocenters. The number of sulfone groups is 1. The largest absolute Gasteiger partial charge is 0.417 e. The zero-order valence-electron chi connectivity index (χ0n) is 16.5. The molecule has 8 nitrogen and oxygen atoms in total. The third kappa shape index (κ3) is 4.50. The predicted octanol–water partition coefficient (Wildman–Crippen LogP) is 2.42. The third-order valence-corrected chi connectivity index (χ3v) is 7.22. The van der Waals surface area contributed by atoms with Gasteiger partial charge in [-0.1, -0.05) is 18.7 Å². The van der Waals surface area contributed by atoms with Crippen LogP contribution >= 0.6 is 0 Å². The Morgan fingerprint density at radius 3 is 2.66 bits per heavy atom. The van der Waals surface area contributed by atoms with Gasteiger partial charge >= 0.3 is 6.18 Å². The Hall–Kier alpha value is -3.64. The lowest BCUT2D eigenvalue weighted by Crippen LogP contribution is -2.36. The van der Waals surface area contributed by atoms with Crippen molar-refractivity contribution >= 4 is 15.7 Å². The first-order valence-corrected chi connectivity index (χ1v) is 10.8.